The van der Waals surface area contributed by atoms with Gasteiger partial charge in [-0.3, -0.25) is 4.79 Å². The van der Waals surface area contributed by atoms with Crippen LogP contribution in [-0.2, 0) is 24.0 Å². The first-order chi connectivity index (χ1) is 16.4. The van der Waals surface area contributed by atoms with Crippen LogP contribution in [0.2, 0.25) is 0 Å². The van der Waals surface area contributed by atoms with Crippen LogP contribution in [0.15, 0.2) is 96.1 Å². The predicted octanol–water partition coefficient (Wildman–Crippen LogP) is 6.13. The number of para-hydroxylation sites is 1. The maximum atomic E-state index is 12.8. The minimum Gasteiger partial charge on any atom is -0.488 e. The van der Waals surface area contributed by atoms with Gasteiger partial charge in [0, 0.05) is 5.56 Å². The van der Waals surface area contributed by atoms with E-state index in [1.807, 2.05) is 54.6 Å². The Hall–Kier alpha value is -4.13. The third-order valence-corrected chi connectivity index (χ3v) is 5.19. The molecule has 0 heterocycles. The first-order valence-electron chi connectivity index (χ1n) is 10.6. The largest absolute Gasteiger partial charge is 0.488 e. The van der Waals surface area contributed by atoms with E-state index in [0.717, 1.165) is 28.5 Å². The summed E-state index contributed by atoms with van der Waals surface area (Å²) in [6.07, 6.45) is -3.23. The molecule has 4 aromatic carbocycles. The van der Waals surface area contributed by atoms with Crippen LogP contribution in [0.3, 0.4) is 0 Å². The fraction of sp³-hybridized carbons (Fsp3) is 0.111. The van der Waals surface area contributed by atoms with Gasteiger partial charge >= 0.3 is 6.18 Å². The van der Waals surface area contributed by atoms with E-state index >= 15 is 0 Å². The van der Waals surface area contributed by atoms with E-state index in [0.29, 0.717) is 17.9 Å². The Bertz CT molecular complexity index is 1330. The van der Waals surface area contributed by atoms with Gasteiger partial charge in [-0.05, 0) is 40.1 Å². The number of nitrogens with zero attached hydrogens (tertiary/aromatic N) is 1. The number of hydrogen-bond donors (Lipinski definition) is 1. The number of rotatable bonds is 7. The third kappa shape index (κ3) is 5.81. The van der Waals surface area contributed by atoms with E-state index in [9.17, 15) is 18.0 Å². The van der Waals surface area contributed by atoms with Crippen molar-refractivity contribution < 1.29 is 22.7 Å². The van der Waals surface area contributed by atoms with Crippen molar-refractivity contribution in [2.45, 2.75) is 19.2 Å². The SMILES string of the molecule is O=C(Cc1cccc(C(F)(F)F)c1)N/N=C\c1ccccc1OCc1cccc2ccccc12. The zero-order valence-electron chi connectivity index (χ0n) is 18.0. The molecule has 0 fully saturated rings. The number of hydrogen-bond acceptors (Lipinski definition) is 3. The second kappa shape index (κ2) is 10.2. The summed E-state index contributed by atoms with van der Waals surface area (Å²) in [6.45, 7) is 0.355. The molecule has 0 aliphatic rings. The van der Waals surface area contributed by atoms with Crippen molar-refractivity contribution in [1.29, 1.82) is 0 Å². The second-order valence-corrected chi connectivity index (χ2v) is 7.63. The number of amides is 1. The van der Waals surface area contributed by atoms with E-state index < -0.39 is 17.6 Å². The fourth-order valence-electron chi connectivity index (χ4n) is 3.55. The van der Waals surface area contributed by atoms with Crippen molar-refractivity contribution in [3.8, 4) is 5.75 Å². The number of carbonyl (C=O) groups is 1. The van der Waals surface area contributed by atoms with Gasteiger partial charge in [0.25, 0.3) is 0 Å². The molecule has 0 saturated carbocycles. The average Bonchev–Trinajstić information content (AvgIpc) is 2.83. The van der Waals surface area contributed by atoms with Crippen molar-refractivity contribution in [2.75, 3.05) is 0 Å². The molecule has 1 amide bonds. The summed E-state index contributed by atoms with van der Waals surface area (Å²) in [5.41, 5.74) is 3.51. The Balaban J connectivity index is 1.39. The molecule has 172 valence electrons. The number of hydrazone groups is 1. The van der Waals surface area contributed by atoms with Gasteiger partial charge in [-0.2, -0.15) is 18.3 Å². The van der Waals surface area contributed by atoms with Gasteiger partial charge in [-0.1, -0.05) is 72.8 Å². The Morgan fingerprint density at radius 3 is 2.50 bits per heavy atom. The lowest BCUT2D eigenvalue weighted by Gasteiger charge is -2.11. The van der Waals surface area contributed by atoms with Crippen LogP contribution < -0.4 is 10.2 Å². The fourth-order valence-corrected chi connectivity index (χ4v) is 3.55. The minimum absolute atomic E-state index is 0.222. The molecular weight excluding hydrogens is 441 g/mol. The number of ether oxygens (including phenoxy) is 1. The van der Waals surface area contributed by atoms with Gasteiger partial charge in [0.05, 0.1) is 18.2 Å². The molecule has 0 aromatic heterocycles. The van der Waals surface area contributed by atoms with Crippen molar-refractivity contribution in [2.24, 2.45) is 5.10 Å². The molecule has 0 radical (unpaired) electrons. The monoisotopic (exact) mass is 462 g/mol. The van der Waals surface area contributed by atoms with Crippen molar-refractivity contribution >= 4 is 22.9 Å². The average molecular weight is 462 g/mol. The summed E-state index contributed by atoms with van der Waals surface area (Å²) in [5.74, 6) is 0.0658. The van der Waals surface area contributed by atoms with Gasteiger partial charge in [0.1, 0.15) is 12.4 Å². The van der Waals surface area contributed by atoms with Gasteiger partial charge in [0.15, 0.2) is 0 Å². The van der Waals surface area contributed by atoms with Crippen LogP contribution in [0.25, 0.3) is 10.8 Å². The molecule has 0 unspecified atom stereocenters. The zero-order chi connectivity index (χ0) is 24.0. The molecular formula is C27H21F3N2O2. The van der Waals surface area contributed by atoms with Gasteiger partial charge in [0.2, 0.25) is 5.91 Å². The number of alkyl halides is 3. The standard InChI is InChI=1S/C27H21F3N2O2/c28-27(29,30)23-12-5-7-19(15-23)16-26(33)32-31-17-21-9-2-4-14-25(21)34-18-22-11-6-10-20-8-1-3-13-24(20)22/h1-15,17H,16,18H2,(H,32,33)/b31-17-. The first-order valence-corrected chi connectivity index (χ1v) is 10.6. The number of nitrogens with one attached hydrogen (secondary N) is 1. The Morgan fingerprint density at radius 1 is 0.912 bits per heavy atom. The first kappa shape index (κ1) is 23.0. The van der Waals surface area contributed by atoms with E-state index in [4.69, 9.17) is 4.74 Å². The zero-order valence-corrected chi connectivity index (χ0v) is 18.0. The Kier molecular flexibility index (Phi) is 6.92. The lowest BCUT2D eigenvalue weighted by molar-refractivity contribution is -0.137. The van der Waals surface area contributed by atoms with Gasteiger partial charge < -0.3 is 4.74 Å². The molecule has 4 aromatic rings. The third-order valence-electron chi connectivity index (χ3n) is 5.19. The van der Waals surface area contributed by atoms with Crippen LogP contribution in [0, 0.1) is 0 Å². The second-order valence-electron chi connectivity index (χ2n) is 7.63. The lowest BCUT2D eigenvalue weighted by atomic mass is 10.1. The van der Waals surface area contributed by atoms with E-state index in [2.05, 4.69) is 10.5 Å². The van der Waals surface area contributed by atoms with Crippen molar-refractivity contribution in [3.63, 3.8) is 0 Å². The van der Waals surface area contributed by atoms with Crippen molar-refractivity contribution in [3.05, 3.63) is 113 Å². The van der Waals surface area contributed by atoms with Gasteiger partial charge in [-0.25, -0.2) is 5.43 Å². The molecule has 4 rings (SSSR count). The summed E-state index contributed by atoms with van der Waals surface area (Å²) in [5, 5.41) is 6.18. The van der Waals surface area contributed by atoms with Crippen LogP contribution in [-0.4, -0.2) is 12.1 Å². The summed E-state index contributed by atoms with van der Waals surface area (Å²) in [6, 6.07) is 26.0. The maximum Gasteiger partial charge on any atom is 0.416 e. The Labute approximate surface area is 194 Å². The van der Waals surface area contributed by atoms with Gasteiger partial charge in [-0.15, -0.1) is 0 Å². The highest BCUT2D eigenvalue weighted by atomic mass is 19.4. The summed E-state index contributed by atoms with van der Waals surface area (Å²) < 4.78 is 44.6. The topological polar surface area (TPSA) is 50.7 Å². The quantitative estimate of drug-likeness (QED) is 0.265. The Morgan fingerprint density at radius 2 is 1.65 bits per heavy atom. The summed E-state index contributed by atoms with van der Waals surface area (Å²) in [4.78, 5) is 12.1. The molecule has 0 aliphatic heterocycles. The molecule has 1 N–H and O–H groups in total. The molecule has 4 nitrogen and oxygen atoms in total. The van der Waals surface area contributed by atoms with E-state index in [1.54, 1.807) is 12.1 Å². The number of fused-ring (bicyclic) bond motifs is 1. The number of halogens is 3. The number of benzene rings is 4. The van der Waals surface area contributed by atoms with Crippen LogP contribution in [0.5, 0.6) is 5.75 Å². The van der Waals surface area contributed by atoms with E-state index in [-0.39, 0.29) is 12.0 Å². The molecule has 7 heteroatoms. The van der Waals surface area contributed by atoms with E-state index in [1.165, 1.54) is 18.3 Å². The lowest BCUT2D eigenvalue weighted by Crippen LogP contribution is -2.20. The smallest absolute Gasteiger partial charge is 0.416 e. The molecule has 34 heavy (non-hydrogen) atoms. The predicted molar refractivity (Wildman–Crippen MR) is 126 cm³/mol. The van der Waals surface area contributed by atoms with Crippen LogP contribution in [0.4, 0.5) is 13.2 Å². The minimum atomic E-state index is -4.46. The molecule has 0 saturated heterocycles. The highest BCUT2D eigenvalue weighted by Crippen LogP contribution is 2.29. The molecule has 0 bridgehead atoms. The summed E-state index contributed by atoms with van der Waals surface area (Å²) >= 11 is 0. The molecule has 0 aliphatic carbocycles. The van der Waals surface area contributed by atoms with Crippen molar-refractivity contribution in [1.82, 2.24) is 5.43 Å². The normalized spacial score (nSPS) is 11.6. The highest BCUT2D eigenvalue weighted by molar-refractivity contribution is 5.86. The molecule has 0 atom stereocenters. The number of carbonyl (C=O) groups excluding carboxylic acids is 1. The van der Waals surface area contributed by atoms with Crippen LogP contribution in [0.1, 0.15) is 22.3 Å². The summed E-state index contributed by atoms with van der Waals surface area (Å²) in [7, 11) is 0. The maximum absolute atomic E-state index is 12.8. The highest BCUT2D eigenvalue weighted by Gasteiger charge is 2.30. The molecule has 0 spiro atoms. The van der Waals surface area contributed by atoms with Crippen LogP contribution >= 0.6 is 0 Å².